The fourth-order valence-corrected chi connectivity index (χ4v) is 3.64. The first-order chi connectivity index (χ1) is 14.1. The maximum Gasteiger partial charge on any atom is 0.416 e. The van der Waals surface area contributed by atoms with E-state index in [9.17, 15) is 18.0 Å². The van der Waals surface area contributed by atoms with Gasteiger partial charge in [-0.2, -0.15) is 13.2 Å². The molecule has 1 heterocycles. The number of carbonyl (C=O) groups is 1. The van der Waals surface area contributed by atoms with Gasteiger partial charge in [-0.05, 0) is 60.7 Å². The molecule has 0 spiro atoms. The van der Waals surface area contributed by atoms with Crippen molar-refractivity contribution in [1.29, 1.82) is 0 Å². The first-order valence-electron chi connectivity index (χ1n) is 9.60. The zero-order valence-electron chi connectivity index (χ0n) is 17.2. The summed E-state index contributed by atoms with van der Waals surface area (Å²) >= 11 is 0. The van der Waals surface area contributed by atoms with Gasteiger partial charge >= 0.3 is 6.18 Å². The average Bonchev–Trinajstić information content (AvgIpc) is 2.72. The molecular weight excluding hydrogens is 391 g/mol. The maximum absolute atomic E-state index is 13.0. The lowest BCUT2D eigenvalue weighted by molar-refractivity contribution is -0.137. The topological polar surface area (TPSA) is 58.7 Å². The number of allylic oxidation sites excluding steroid dienone is 1. The second-order valence-electron chi connectivity index (χ2n) is 7.40. The van der Waals surface area contributed by atoms with Crippen LogP contribution >= 0.6 is 0 Å². The summed E-state index contributed by atoms with van der Waals surface area (Å²) < 4.78 is 38.4. The van der Waals surface area contributed by atoms with E-state index in [1.165, 1.54) is 12.1 Å². The predicted molar refractivity (Wildman–Crippen MR) is 112 cm³/mol. The first-order valence-corrected chi connectivity index (χ1v) is 9.60. The Morgan fingerprint density at radius 1 is 1.03 bits per heavy atom. The highest BCUT2D eigenvalue weighted by molar-refractivity contribution is 6.21. The highest BCUT2D eigenvalue weighted by Crippen LogP contribution is 2.32. The van der Waals surface area contributed by atoms with Crippen molar-refractivity contribution in [2.75, 3.05) is 13.6 Å². The van der Waals surface area contributed by atoms with Gasteiger partial charge in [-0.25, -0.2) is 0 Å². The number of hydrogen-bond acceptors (Lipinski definition) is 3. The van der Waals surface area contributed by atoms with Gasteiger partial charge in [0, 0.05) is 31.5 Å². The Bertz CT molecular complexity index is 1020. The van der Waals surface area contributed by atoms with Crippen LogP contribution < -0.4 is 5.73 Å². The van der Waals surface area contributed by atoms with Crippen LogP contribution in [0.3, 0.4) is 0 Å². The lowest BCUT2D eigenvalue weighted by Gasteiger charge is -2.30. The third kappa shape index (κ3) is 4.40. The van der Waals surface area contributed by atoms with Crippen molar-refractivity contribution in [3.63, 3.8) is 0 Å². The fourth-order valence-electron chi connectivity index (χ4n) is 3.64. The van der Waals surface area contributed by atoms with Crippen molar-refractivity contribution in [2.45, 2.75) is 33.0 Å². The second kappa shape index (κ2) is 8.34. The zero-order chi connectivity index (χ0) is 22.1. The Hall–Kier alpha value is -3.09. The molecule has 0 aliphatic carbocycles. The number of aliphatic imine (C=N–C) groups is 1. The van der Waals surface area contributed by atoms with Crippen LogP contribution in [-0.2, 0) is 23.9 Å². The molecular formula is C23H24F3N3O. The summed E-state index contributed by atoms with van der Waals surface area (Å²) in [5.74, 6) is -0.163. The summed E-state index contributed by atoms with van der Waals surface area (Å²) in [5, 5.41) is 0. The Labute approximate surface area is 173 Å². The van der Waals surface area contributed by atoms with E-state index in [4.69, 9.17) is 5.73 Å². The van der Waals surface area contributed by atoms with Crippen LogP contribution in [0.2, 0.25) is 0 Å². The molecule has 1 amide bonds. The summed E-state index contributed by atoms with van der Waals surface area (Å²) in [5.41, 5.74) is 10.3. The van der Waals surface area contributed by atoms with Crippen molar-refractivity contribution in [3.05, 3.63) is 70.4 Å². The van der Waals surface area contributed by atoms with Gasteiger partial charge in [0.2, 0.25) is 0 Å². The van der Waals surface area contributed by atoms with Crippen molar-refractivity contribution in [2.24, 2.45) is 10.7 Å². The molecule has 0 atom stereocenters. The van der Waals surface area contributed by atoms with Crippen molar-refractivity contribution in [3.8, 4) is 11.1 Å². The van der Waals surface area contributed by atoms with Gasteiger partial charge in [0.05, 0.1) is 11.1 Å². The Morgan fingerprint density at radius 2 is 1.67 bits per heavy atom. The van der Waals surface area contributed by atoms with Gasteiger partial charge in [0.25, 0.3) is 5.91 Å². The molecule has 1 aliphatic rings. The minimum atomic E-state index is -4.36. The smallest absolute Gasteiger partial charge is 0.402 e. The van der Waals surface area contributed by atoms with Crippen LogP contribution in [0.1, 0.15) is 30.5 Å². The van der Waals surface area contributed by atoms with Gasteiger partial charge in [-0.1, -0.05) is 24.3 Å². The monoisotopic (exact) mass is 415 g/mol. The molecule has 2 aromatic rings. The number of halogens is 3. The number of amides is 1. The summed E-state index contributed by atoms with van der Waals surface area (Å²) in [6, 6.07) is 10.9. The molecule has 7 heteroatoms. The minimum Gasteiger partial charge on any atom is -0.402 e. The number of nitrogens with zero attached hydrogens (tertiary/aromatic N) is 2. The first kappa shape index (κ1) is 21.6. The van der Waals surface area contributed by atoms with Crippen molar-refractivity contribution < 1.29 is 18.0 Å². The number of hydrogen-bond donors (Lipinski definition) is 1. The average molecular weight is 415 g/mol. The molecule has 3 rings (SSSR count). The highest BCUT2D eigenvalue weighted by atomic mass is 19.4. The number of fused-ring (bicyclic) bond motifs is 1. The normalized spacial score (nSPS) is 15.5. The van der Waals surface area contributed by atoms with E-state index in [1.807, 2.05) is 18.2 Å². The third-order valence-corrected chi connectivity index (χ3v) is 5.36. The highest BCUT2D eigenvalue weighted by Gasteiger charge is 2.30. The van der Waals surface area contributed by atoms with E-state index in [2.05, 4.69) is 4.99 Å². The van der Waals surface area contributed by atoms with E-state index in [0.29, 0.717) is 42.1 Å². The van der Waals surface area contributed by atoms with Crippen LogP contribution in [0.15, 0.2) is 58.7 Å². The lowest BCUT2D eigenvalue weighted by Crippen LogP contribution is -2.39. The zero-order valence-corrected chi connectivity index (χ0v) is 17.2. The molecule has 0 unspecified atom stereocenters. The van der Waals surface area contributed by atoms with E-state index in [1.54, 1.807) is 25.8 Å². The minimum absolute atomic E-state index is 0.163. The Morgan fingerprint density at radius 3 is 2.23 bits per heavy atom. The van der Waals surface area contributed by atoms with E-state index in [-0.39, 0.29) is 5.91 Å². The van der Waals surface area contributed by atoms with Crippen molar-refractivity contribution >= 4 is 11.6 Å². The van der Waals surface area contributed by atoms with Crippen LogP contribution in [0.25, 0.3) is 11.1 Å². The number of carbonyl (C=O) groups excluding carboxylic acids is 1. The van der Waals surface area contributed by atoms with Crippen LogP contribution in [0.5, 0.6) is 0 Å². The largest absolute Gasteiger partial charge is 0.416 e. The Kier molecular flexibility index (Phi) is 6.01. The molecule has 0 saturated heterocycles. The molecule has 0 fully saturated rings. The molecule has 1 aliphatic heterocycles. The quantitative estimate of drug-likeness (QED) is 0.589. The molecule has 0 radical (unpaired) electrons. The number of rotatable bonds is 3. The summed E-state index contributed by atoms with van der Waals surface area (Å²) in [7, 11) is 1.62. The van der Waals surface area contributed by atoms with Crippen LogP contribution in [0, 0.1) is 0 Å². The van der Waals surface area contributed by atoms with Crippen LogP contribution in [-0.4, -0.2) is 30.1 Å². The molecule has 0 aromatic heterocycles. The van der Waals surface area contributed by atoms with Crippen LogP contribution in [0.4, 0.5) is 13.2 Å². The van der Waals surface area contributed by atoms with Gasteiger partial charge < -0.3 is 10.6 Å². The fraction of sp³-hybridized carbons (Fsp3) is 0.304. The molecule has 158 valence electrons. The summed E-state index contributed by atoms with van der Waals surface area (Å²) in [6.07, 6.45) is -3.66. The number of alkyl halides is 3. The van der Waals surface area contributed by atoms with Gasteiger partial charge in [0.15, 0.2) is 0 Å². The molecule has 30 heavy (non-hydrogen) atoms. The lowest BCUT2D eigenvalue weighted by atomic mass is 9.93. The SMILES string of the molecule is CN=C(C)C(C(=O)N1CCc2ccc(-c3ccc(C(F)(F)F)cc3)cc2C1)=C(C)N. The standard InChI is InChI=1S/C23H24F3N3O/c1-14(27)21(15(2)28-3)22(30)29-11-10-17-4-5-18(12-19(17)13-29)16-6-8-20(9-7-16)23(24,25)26/h4-9,12H,10-11,13,27H2,1-3H3. The molecule has 2 aromatic carbocycles. The number of nitrogens with two attached hydrogens (primary N) is 1. The second-order valence-corrected chi connectivity index (χ2v) is 7.40. The van der Waals surface area contributed by atoms with Gasteiger partial charge in [-0.15, -0.1) is 0 Å². The summed E-state index contributed by atoms with van der Waals surface area (Å²) in [6.45, 7) is 4.42. The molecule has 0 saturated carbocycles. The Balaban J connectivity index is 1.87. The van der Waals surface area contributed by atoms with Gasteiger partial charge in [0.1, 0.15) is 0 Å². The maximum atomic E-state index is 13.0. The molecule has 2 N–H and O–H groups in total. The molecule has 0 bridgehead atoms. The van der Waals surface area contributed by atoms with E-state index >= 15 is 0 Å². The van der Waals surface area contributed by atoms with E-state index < -0.39 is 11.7 Å². The predicted octanol–water partition coefficient (Wildman–Crippen LogP) is 4.58. The van der Waals surface area contributed by atoms with Gasteiger partial charge in [-0.3, -0.25) is 9.79 Å². The number of benzene rings is 2. The van der Waals surface area contributed by atoms with E-state index in [0.717, 1.165) is 28.8 Å². The van der Waals surface area contributed by atoms with Crippen molar-refractivity contribution in [1.82, 2.24) is 4.90 Å². The third-order valence-electron chi connectivity index (χ3n) is 5.36. The molecule has 4 nitrogen and oxygen atoms in total. The summed E-state index contributed by atoms with van der Waals surface area (Å²) in [4.78, 5) is 18.9.